The SMILES string of the molecule is C[CH2][Ge]([CH2]C)([CH2]C)[S]CC1CS1. The topological polar surface area (TPSA) is 0 Å². The molecular formula is C9H20GeS2. The number of hydrogen-bond acceptors (Lipinski definition) is 2. The second-order valence-electron chi connectivity index (χ2n) is 3.51. The Morgan fingerprint density at radius 1 is 1.25 bits per heavy atom. The Labute approximate surface area is 87.0 Å². The molecule has 0 bridgehead atoms. The summed E-state index contributed by atoms with van der Waals surface area (Å²) in [6.07, 6.45) is 0. The second-order valence-corrected chi connectivity index (χ2v) is 21.2. The summed E-state index contributed by atoms with van der Waals surface area (Å²) in [5.74, 6) is 2.92. The van der Waals surface area contributed by atoms with Crippen LogP contribution in [0.1, 0.15) is 20.8 Å². The van der Waals surface area contributed by atoms with Crippen LogP contribution < -0.4 is 0 Å². The van der Waals surface area contributed by atoms with Crippen LogP contribution in [-0.4, -0.2) is 28.9 Å². The van der Waals surface area contributed by atoms with Gasteiger partial charge in [-0.05, 0) is 0 Å². The predicted octanol–water partition coefficient (Wildman–Crippen LogP) is 3.84. The third-order valence-corrected chi connectivity index (χ3v) is 22.8. The van der Waals surface area contributed by atoms with Gasteiger partial charge in [0.15, 0.2) is 0 Å². The first kappa shape index (κ1) is 11.3. The van der Waals surface area contributed by atoms with Crippen LogP contribution in [0.25, 0.3) is 0 Å². The molecule has 0 amide bonds. The molecule has 1 fully saturated rings. The van der Waals surface area contributed by atoms with Crippen molar-refractivity contribution in [3.8, 4) is 0 Å². The van der Waals surface area contributed by atoms with Crippen LogP contribution in [0.3, 0.4) is 0 Å². The van der Waals surface area contributed by atoms with Crippen LogP contribution >= 0.6 is 21.8 Å². The molecule has 0 N–H and O–H groups in total. The normalized spacial score (nSPS) is 22.8. The van der Waals surface area contributed by atoms with E-state index >= 15 is 0 Å². The van der Waals surface area contributed by atoms with Crippen molar-refractivity contribution in [2.24, 2.45) is 0 Å². The first-order chi connectivity index (χ1) is 5.76. The van der Waals surface area contributed by atoms with Crippen molar-refractivity contribution in [3.63, 3.8) is 0 Å². The van der Waals surface area contributed by atoms with Gasteiger partial charge < -0.3 is 0 Å². The molecule has 0 aromatic heterocycles. The number of rotatable bonds is 6. The van der Waals surface area contributed by atoms with Gasteiger partial charge in [-0.25, -0.2) is 0 Å². The van der Waals surface area contributed by atoms with E-state index in [9.17, 15) is 0 Å². The van der Waals surface area contributed by atoms with Gasteiger partial charge in [-0.15, -0.1) is 0 Å². The number of hydrogen-bond donors (Lipinski definition) is 0. The van der Waals surface area contributed by atoms with Crippen LogP contribution in [-0.2, 0) is 0 Å². The van der Waals surface area contributed by atoms with E-state index in [4.69, 9.17) is 0 Å². The quantitative estimate of drug-likeness (QED) is 0.528. The van der Waals surface area contributed by atoms with E-state index in [0.29, 0.717) is 0 Å². The third kappa shape index (κ3) is 3.19. The van der Waals surface area contributed by atoms with Crippen molar-refractivity contribution in [1.82, 2.24) is 0 Å². The third-order valence-electron chi connectivity index (χ3n) is 2.91. The second kappa shape index (κ2) is 5.20. The first-order valence-corrected chi connectivity index (χ1v) is 14.1. The van der Waals surface area contributed by atoms with Crippen molar-refractivity contribution in [1.29, 1.82) is 0 Å². The van der Waals surface area contributed by atoms with Gasteiger partial charge in [-0.1, -0.05) is 0 Å². The van der Waals surface area contributed by atoms with Gasteiger partial charge in [0, 0.05) is 0 Å². The molecule has 1 saturated heterocycles. The van der Waals surface area contributed by atoms with Gasteiger partial charge in [0.05, 0.1) is 0 Å². The molecule has 1 unspecified atom stereocenters. The molecule has 0 radical (unpaired) electrons. The van der Waals surface area contributed by atoms with Crippen molar-refractivity contribution in [3.05, 3.63) is 0 Å². The Bertz CT molecular complexity index is 122. The molecule has 0 aliphatic carbocycles. The molecule has 72 valence electrons. The van der Waals surface area contributed by atoms with Crippen LogP contribution in [0.2, 0.25) is 15.8 Å². The van der Waals surface area contributed by atoms with Crippen molar-refractivity contribution >= 4 is 34.0 Å². The van der Waals surface area contributed by atoms with Gasteiger partial charge in [0.2, 0.25) is 0 Å². The van der Waals surface area contributed by atoms with E-state index in [0.717, 1.165) is 5.25 Å². The monoisotopic (exact) mass is 266 g/mol. The molecular weight excluding hydrogens is 245 g/mol. The van der Waals surface area contributed by atoms with E-state index in [1.54, 1.807) is 0 Å². The molecule has 1 atom stereocenters. The van der Waals surface area contributed by atoms with Gasteiger partial charge in [-0.3, -0.25) is 0 Å². The minimum absolute atomic E-state index is 1.05. The van der Waals surface area contributed by atoms with E-state index in [2.05, 4.69) is 42.6 Å². The summed E-state index contributed by atoms with van der Waals surface area (Å²) in [5.41, 5.74) is 0. The van der Waals surface area contributed by atoms with Gasteiger partial charge in [0.1, 0.15) is 0 Å². The van der Waals surface area contributed by atoms with Crippen molar-refractivity contribution in [2.45, 2.75) is 41.8 Å². The molecule has 0 nitrogen and oxygen atoms in total. The molecule has 0 aromatic carbocycles. The summed E-state index contributed by atoms with van der Waals surface area (Å²) >= 11 is 0.810. The van der Waals surface area contributed by atoms with Gasteiger partial charge in [0.25, 0.3) is 0 Å². The molecule has 12 heavy (non-hydrogen) atoms. The molecule has 0 aromatic rings. The summed E-state index contributed by atoms with van der Waals surface area (Å²) in [7, 11) is 2.41. The van der Waals surface area contributed by atoms with E-state index in [-0.39, 0.29) is 0 Å². The Morgan fingerprint density at radius 3 is 2.08 bits per heavy atom. The van der Waals surface area contributed by atoms with Gasteiger partial charge >= 0.3 is 87.3 Å². The molecule has 1 aliphatic rings. The van der Waals surface area contributed by atoms with Crippen molar-refractivity contribution < 1.29 is 0 Å². The standard InChI is InChI=1S/C9H20GeS2/c1-4-10(5-2,6-3)12-8-9-7-11-9/h9H,4-8H2,1-3H3. The van der Waals surface area contributed by atoms with E-state index in [1.165, 1.54) is 27.3 Å². The molecule has 1 heterocycles. The zero-order chi connectivity index (χ0) is 9.03. The average molecular weight is 265 g/mol. The Morgan fingerprint density at radius 2 is 1.75 bits per heavy atom. The van der Waals surface area contributed by atoms with E-state index in [1.807, 2.05) is 0 Å². The van der Waals surface area contributed by atoms with Gasteiger partial charge in [-0.2, -0.15) is 0 Å². The maximum absolute atomic E-state index is 2.42. The zero-order valence-electron chi connectivity index (χ0n) is 8.43. The van der Waals surface area contributed by atoms with Crippen LogP contribution in [0.15, 0.2) is 0 Å². The molecule has 1 rings (SSSR count). The summed E-state index contributed by atoms with van der Waals surface area (Å²) in [6, 6.07) is 0. The fourth-order valence-corrected chi connectivity index (χ4v) is 15.0. The molecule has 3 heteroatoms. The fraction of sp³-hybridized carbons (Fsp3) is 1.00. The number of thioether (sulfide) groups is 1. The Kier molecular flexibility index (Phi) is 4.91. The predicted molar refractivity (Wildman–Crippen MR) is 65.9 cm³/mol. The summed E-state index contributed by atoms with van der Waals surface area (Å²) < 4.78 is 0. The van der Waals surface area contributed by atoms with Crippen LogP contribution in [0, 0.1) is 0 Å². The Hall–Kier alpha value is 1.24. The summed E-state index contributed by atoms with van der Waals surface area (Å²) in [6.45, 7) is 7.25. The van der Waals surface area contributed by atoms with Crippen LogP contribution in [0.5, 0.6) is 0 Å². The maximum atomic E-state index is 2.42. The molecule has 0 saturated carbocycles. The summed E-state index contributed by atoms with van der Waals surface area (Å²) in [5, 5.41) is 5.61. The minimum atomic E-state index is -1.34. The molecule has 1 aliphatic heterocycles. The van der Waals surface area contributed by atoms with Crippen molar-refractivity contribution in [2.75, 3.05) is 11.5 Å². The molecule has 0 spiro atoms. The average Bonchev–Trinajstić information content (AvgIpc) is 2.92. The first-order valence-electron chi connectivity index (χ1n) is 5.02. The van der Waals surface area contributed by atoms with E-state index < -0.39 is 12.1 Å². The van der Waals surface area contributed by atoms with Crippen LogP contribution in [0.4, 0.5) is 0 Å². The fourth-order valence-electron chi connectivity index (χ4n) is 1.49. The summed E-state index contributed by atoms with van der Waals surface area (Å²) in [4.78, 5) is 0. The Balaban J connectivity index is 2.28. The zero-order valence-corrected chi connectivity index (χ0v) is 12.2.